The second kappa shape index (κ2) is 10.8. The maximum atomic E-state index is 14.6. The molecule has 4 aromatic rings. The van der Waals surface area contributed by atoms with Gasteiger partial charge in [-0.3, -0.25) is 15.6 Å². The molecule has 1 fully saturated rings. The Morgan fingerprint density at radius 2 is 1.70 bits per heavy atom. The van der Waals surface area contributed by atoms with Gasteiger partial charge in [0.2, 0.25) is 5.95 Å². The molecule has 1 spiro atoms. The van der Waals surface area contributed by atoms with Crippen LogP contribution in [-0.2, 0) is 11.8 Å². The molecule has 2 aliphatic rings. The SMILES string of the molecule is COc1ccc(NC(=S)NNc2nc3c(c(=O)n2-c2ccc(C)cc2)C2(CCCCC2)Cc2ccccc2-3)cc1. The van der Waals surface area contributed by atoms with E-state index in [1.807, 2.05) is 61.5 Å². The van der Waals surface area contributed by atoms with E-state index >= 15 is 0 Å². The Bertz CT molecular complexity index is 1610. The topological polar surface area (TPSA) is 80.2 Å². The molecule has 6 rings (SSSR count). The Labute approximate surface area is 239 Å². The zero-order chi connectivity index (χ0) is 27.7. The van der Waals surface area contributed by atoms with E-state index in [0.717, 1.165) is 71.6 Å². The Kier molecular flexibility index (Phi) is 7.02. The highest BCUT2D eigenvalue weighted by Crippen LogP contribution is 2.48. The van der Waals surface area contributed by atoms with Gasteiger partial charge in [0, 0.05) is 16.7 Å². The normalized spacial score (nSPS) is 15.1. The van der Waals surface area contributed by atoms with Crippen molar-refractivity contribution in [3.05, 3.63) is 99.8 Å². The van der Waals surface area contributed by atoms with Crippen molar-refractivity contribution in [3.63, 3.8) is 0 Å². The van der Waals surface area contributed by atoms with Gasteiger partial charge in [0.15, 0.2) is 5.11 Å². The fourth-order valence-corrected chi connectivity index (χ4v) is 6.34. The maximum absolute atomic E-state index is 14.6. The second-order valence-electron chi connectivity index (χ2n) is 10.7. The van der Waals surface area contributed by atoms with Gasteiger partial charge in [-0.1, -0.05) is 61.2 Å². The Balaban J connectivity index is 1.43. The largest absolute Gasteiger partial charge is 0.497 e. The third-order valence-corrected chi connectivity index (χ3v) is 8.36. The third-order valence-electron chi connectivity index (χ3n) is 8.15. The van der Waals surface area contributed by atoms with E-state index in [4.69, 9.17) is 21.9 Å². The summed E-state index contributed by atoms with van der Waals surface area (Å²) in [5.41, 5.74) is 12.6. The van der Waals surface area contributed by atoms with E-state index in [0.29, 0.717) is 11.1 Å². The predicted octanol–water partition coefficient (Wildman–Crippen LogP) is 6.29. The van der Waals surface area contributed by atoms with E-state index in [9.17, 15) is 4.79 Å². The molecule has 1 saturated carbocycles. The van der Waals surface area contributed by atoms with Crippen LogP contribution >= 0.6 is 12.2 Å². The molecule has 0 saturated heterocycles. The molecule has 1 aromatic heterocycles. The molecule has 0 unspecified atom stereocenters. The number of hydrazine groups is 1. The van der Waals surface area contributed by atoms with Crippen molar-refractivity contribution < 1.29 is 4.74 Å². The summed E-state index contributed by atoms with van der Waals surface area (Å²) >= 11 is 5.56. The van der Waals surface area contributed by atoms with Gasteiger partial charge in [0.05, 0.1) is 24.1 Å². The van der Waals surface area contributed by atoms with Crippen LogP contribution in [0.3, 0.4) is 0 Å². The van der Waals surface area contributed by atoms with Gasteiger partial charge < -0.3 is 10.1 Å². The Morgan fingerprint density at radius 3 is 2.42 bits per heavy atom. The Morgan fingerprint density at radius 1 is 0.975 bits per heavy atom. The molecule has 0 aliphatic heterocycles. The number of hydrogen-bond donors (Lipinski definition) is 3. The fourth-order valence-electron chi connectivity index (χ4n) is 6.17. The first kappa shape index (κ1) is 26.1. The summed E-state index contributed by atoms with van der Waals surface area (Å²) in [4.78, 5) is 19.7. The van der Waals surface area contributed by atoms with Crippen LogP contribution in [0.15, 0.2) is 77.6 Å². The number of anilines is 2. The summed E-state index contributed by atoms with van der Waals surface area (Å²) in [7, 11) is 1.63. The lowest BCUT2D eigenvalue weighted by molar-refractivity contribution is 0.284. The van der Waals surface area contributed by atoms with Crippen molar-refractivity contribution in [1.82, 2.24) is 15.0 Å². The van der Waals surface area contributed by atoms with Crippen molar-refractivity contribution in [1.29, 1.82) is 0 Å². The molecule has 1 heterocycles. The number of fused-ring (bicyclic) bond motifs is 4. The summed E-state index contributed by atoms with van der Waals surface area (Å²) in [5.74, 6) is 1.15. The standard InChI is InChI=1S/C32H33N5O2S/c1-21-10-14-24(15-11-21)37-29(38)27-28(26-9-5-4-8-22(26)20-32(27)18-6-3-7-19-32)34-30(37)35-36-31(40)33-23-12-16-25(39-2)17-13-23/h4-5,8-17H,3,6-7,18-20H2,1-2H3,(H,34,35)(H2,33,36,40). The van der Waals surface area contributed by atoms with Crippen molar-refractivity contribution in [2.45, 2.75) is 50.9 Å². The van der Waals surface area contributed by atoms with E-state index in [2.05, 4.69) is 34.4 Å². The minimum atomic E-state index is -0.199. The van der Waals surface area contributed by atoms with Gasteiger partial charge in [0.1, 0.15) is 5.75 Å². The number of ether oxygens (including phenoxy) is 1. The van der Waals surface area contributed by atoms with E-state index in [-0.39, 0.29) is 11.0 Å². The molecule has 204 valence electrons. The molecule has 2 aliphatic carbocycles. The lowest BCUT2D eigenvalue weighted by Crippen LogP contribution is -2.44. The minimum Gasteiger partial charge on any atom is -0.497 e. The molecule has 0 atom stereocenters. The molecule has 0 radical (unpaired) electrons. The highest BCUT2D eigenvalue weighted by molar-refractivity contribution is 7.80. The lowest BCUT2D eigenvalue weighted by Gasteiger charge is -2.42. The monoisotopic (exact) mass is 551 g/mol. The second-order valence-corrected chi connectivity index (χ2v) is 11.2. The zero-order valence-corrected chi connectivity index (χ0v) is 23.6. The van der Waals surface area contributed by atoms with Crippen LogP contribution in [0.2, 0.25) is 0 Å². The highest BCUT2D eigenvalue weighted by Gasteiger charge is 2.43. The highest BCUT2D eigenvalue weighted by atomic mass is 32.1. The minimum absolute atomic E-state index is 0.0245. The third kappa shape index (κ3) is 4.84. The summed E-state index contributed by atoms with van der Waals surface area (Å²) in [6, 6.07) is 23.8. The number of aryl methyl sites for hydroxylation is 1. The quantitative estimate of drug-likeness (QED) is 0.199. The number of thiocarbonyl (C=S) groups is 1. The first-order valence-corrected chi connectivity index (χ1v) is 14.2. The number of nitrogens with one attached hydrogen (secondary N) is 3. The number of benzene rings is 3. The van der Waals surface area contributed by atoms with Crippen molar-refractivity contribution in [2.24, 2.45) is 0 Å². The van der Waals surface area contributed by atoms with Crippen LogP contribution in [0.5, 0.6) is 5.75 Å². The average Bonchev–Trinajstić information content (AvgIpc) is 2.97. The van der Waals surface area contributed by atoms with Crippen LogP contribution in [0.25, 0.3) is 16.9 Å². The molecular weight excluding hydrogens is 518 g/mol. The predicted molar refractivity (Wildman–Crippen MR) is 164 cm³/mol. The van der Waals surface area contributed by atoms with E-state index < -0.39 is 0 Å². The molecule has 7 nitrogen and oxygen atoms in total. The number of rotatable bonds is 5. The number of hydrogen-bond acceptors (Lipinski definition) is 5. The molecule has 0 amide bonds. The summed E-state index contributed by atoms with van der Waals surface area (Å²) < 4.78 is 6.92. The average molecular weight is 552 g/mol. The van der Waals surface area contributed by atoms with Crippen LogP contribution in [0.4, 0.5) is 11.6 Å². The van der Waals surface area contributed by atoms with Crippen LogP contribution < -0.4 is 26.5 Å². The van der Waals surface area contributed by atoms with Gasteiger partial charge in [-0.25, -0.2) is 9.55 Å². The lowest BCUT2D eigenvalue weighted by atomic mass is 9.62. The van der Waals surface area contributed by atoms with Crippen molar-refractivity contribution in [2.75, 3.05) is 17.9 Å². The van der Waals surface area contributed by atoms with E-state index in [1.54, 1.807) is 11.7 Å². The molecule has 8 heteroatoms. The van der Waals surface area contributed by atoms with Gasteiger partial charge in [-0.15, -0.1) is 0 Å². The molecule has 3 aromatic carbocycles. The van der Waals surface area contributed by atoms with Gasteiger partial charge >= 0.3 is 0 Å². The molecular formula is C32H33N5O2S. The summed E-state index contributed by atoms with van der Waals surface area (Å²) in [6.45, 7) is 2.04. The molecule has 40 heavy (non-hydrogen) atoms. The van der Waals surface area contributed by atoms with Gasteiger partial charge in [0.25, 0.3) is 5.56 Å². The first-order chi connectivity index (χ1) is 19.5. The Hall–Kier alpha value is -4.17. The zero-order valence-electron chi connectivity index (χ0n) is 22.8. The fraction of sp³-hybridized carbons (Fsp3) is 0.281. The van der Waals surface area contributed by atoms with Crippen LogP contribution in [0.1, 0.15) is 48.8 Å². The van der Waals surface area contributed by atoms with Crippen molar-refractivity contribution in [3.8, 4) is 22.7 Å². The molecule has 3 N–H and O–H groups in total. The van der Waals surface area contributed by atoms with Crippen molar-refractivity contribution >= 4 is 29.0 Å². The first-order valence-electron chi connectivity index (χ1n) is 13.8. The number of methoxy groups -OCH3 is 1. The van der Waals surface area contributed by atoms with Crippen LogP contribution in [-0.4, -0.2) is 21.8 Å². The van der Waals surface area contributed by atoms with Gasteiger partial charge in [-0.2, -0.15) is 0 Å². The van der Waals surface area contributed by atoms with E-state index in [1.165, 1.54) is 12.0 Å². The smallest absolute Gasteiger partial charge is 0.263 e. The van der Waals surface area contributed by atoms with Gasteiger partial charge in [-0.05, 0) is 80.4 Å². The molecule has 0 bridgehead atoms. The maximum Gasteiger partial charge on any atom is 0.263 e. The van der Waals surface area contributed by atoms with Crippen LogP contribution in [0, 0.1) is 6.92 Å². The summed E-state index contributed by atoms with van der Waals surface area (Å²) in [5, 5.41) is 3.50. The number of aromatic nitrogens is 2. The summed E-state index contributed by atoms with van der Waals surface area (Å²) in [6.07, 6.45) is 6.33. The number of nitrogens with zero attached hydrogens (tertiary/aromatic N) is 2.